The quantitative estimate of drug-likeness (QED) is 0.801. The van der Waals surface area contributed by atoms with Crippen LogP contribution in [0.15, 0.2) is 24.3 Å². The Bertz CT molecular complexity index is 455. The Morgan fingerprint density at radius 2 is 1.90 bits per heavy atom. The van der Waals surface area contributed by atoms with Crippen molar-refractivity contribution in [3.63, 3.8) is 0 Å². The van der Waals surface area contributed by atoms with Crippen molar-refractivity contribution in [1.29, 1.82) is 0 Å². The molecule has 0 aliphatic heterocycles. The molecule has 2 atom stereocenters. The van der Waals surface area contributed by atoms with Crippen molar-refractivity contribution in [3.05, 3.63) is 29.8 Å². The van der Waals surface area contributed by atoms with E-state index in [4.69, 9.17) is 9.84 Å². The monoisotopic (exact) mass is 279 g/mol. The Kier molecular flexibility index (Phi) is 6.03. The van der Waals surface area contributed by atoms with Gasteiger partial charge in [0.1, 0.15) is 11.8 Å². The number of carboxylic acid groups (broad SMARTS) is 1. The van der Waals surface area contributed by atoms with Gasteiger partial charge < -0.3 is 15.2 Å². The molecule has 5 heteroatoms. The molecule has 0 aromatic heterocycles. The Morgan fingerprint density at radius 3 is 2.40 bits per heavy atom. The van der Waals surface area contributed by atoms with Crippen molar-refractivity contribution in [2.24, 2.45) is 0 Å². The first-order chi connectivity index (χ1) is 9.43. The summed E-state index contributed by atoms with van der Waals surface area (Å²) >= 11 is 0. The third-order valence-corrected chi connectivity index (χ3v) is 2.90. The lowest BCUT2D eigenvalue weighted by molar-refractivity contribution is -0.143. The summed E-state index contributed by atoms with van der Waals surface area (Å²) in [7, 11) is 0. The van der Waals surface area contributed by atoms with E-state index in [0.717, 1.165) is 5.56 Å². The number of hydrogen-bond donors (Lipinski definition) is 2. The highest BCUT2D eigenvalue weighted by Gasteiger charge is 2.23. The van der Waals surface area contributed by atoms with Crippen LogP contribution in [-0.2, 0) is 9.59 Å². The number of carbonyl (C=O) groups is 2. The summed E-state index contributed by atoms with van der Waals surface area (Å²) in [4.78, 5) is 22.9. The molecule has 1 rings (SSSR count). The van der Waals surface area contributed by atoms with Crippen molar-refractivity contribution in [2.45, 2.75) is 45.8 Å². The maximum Gasteiger partial charge on any atom is 0.326 e. The molecule has 0 heterocycles. The van der Waals surface area contributed by atoms with Gasteiger partial charge in [0, 0.05) is 0 Å². The van der Waals surface area contributed by atoms with Gasteiger partial charge in [-0.1, -0.05) is 31.0 Å². The lowest BCUT2D eigenvalue weighted by Crippen LogP contribution is -2.46. The zero-order valence-electron chi connectivity index (χ0n) is 12.1. The molecule has 1 unspecified atom stereocenters. The van der Waals surface area contributed by atoms with Gasteiger partial charge in [-0.3, -0.25) is 4.79 Å². The van der Waals surface area contributed by atoms with Gasteiger partial charge in [0.25, 0.3) is 5.91 Å². The molecule has 1 aromatic rings. The predicted molar refractivity (Wildman–Crippen MR) is 75.7 cm³/mol. The molecule has 20 heavy (non-hydrogen) atoms. The molecule has 0 spiro atoms. The third kappa shape index (κ3) is 4.91. The molecule has 0 bridgehead atoms. The maximum absolute atomic E-state index is 11.9. The van der Waals surface area contributed by atoms with E-state index in [2.05, 4.69) is 5.32 Å². The molecule has 1 aromatic carbocycles. The molecular weight excluding hydrogens is 258 g/mol. The van der Waals surface area contributed by atoms with Gasteiger partial charge >= 0.3 is 5.97 Å². The molecule has 5 nitrogen and oxygen atoms in total. The van der Waals surface area contributed by atoms with E-state index in [1.165, 1.54) is 0 Å². The van der Waals surface area contributed by atoms with Crippen LogP contribution in [0.4, 0.5) is 0 Å². The molecule has 0 aliphatic carbocycles. The zero-order valence-corrected chi connectivity index (χ0v) is 12.1. The van der Waals surface area contributed by atoms with Gasteiger partial charge in [0.2, 0.25) is 0 Å². The summed E-state index contributed by atoms with van der Waals surface area (Å²) in [5, 5.41) is 11.5. The summed E-state index contributed by atoms with van der Waals surface area (Å²) < 4.78 is 5.48. The average molecular weight is 279 g/mol. The van der Waals surface area contributed by atoms with Crippen LogP contribution in [0.25, 0.3) is 0 Å². The number of nitrogens with one attached hydrogen (secondary N) is 1. The lowest BCUT2D eigenvalue weighted by Gasteiger charge is -2.18. The molecule has 1 amide bonds. The van der Waals surface area contributed by atoms with Crippen LogP contribution in [0.1, 0.15) is 32.3 Å². The van der Waals surface area contributed by atoms with Crippen molar-refractivity contribution in [1.82, 2.24) is 5.32 Å². The fourth-order valence-electron chi connectivity index (χ4n) is 1.71. The van der Waals surface area contributed by atoms with Crippen LogP contribution in [0, 0.1) is 6.92 Å². The van der Waals surface area contributed by atoms with Gasteiger partial charge in [-0.25, -0.2) is 4.79 Å². The maximum atomic E-state index is 11.9. The van der Waals surface area contributed by atoms with Gasteiger partial charge in [-0.2, -0.15) is 0 Å². The minimum Gasteiger partial charge on any atom is -0.481 e. The second kappa shape index (κ2) is 7.53. The second-order valence-electron chi connectivity index (χ2n) is 4.76. The largest absolute Gasteiger partial charge is 0.481 e. The van der Waals surface area contributed by atoms with Crippen molar-refractivity contribution in [2.75, 3.05) is 0 Å². The van der Waals surface area contributed by atoms with Crippen LogP contribution in [0.5, 0.6) is 5.75 Å². The van der Waals surface area contributed by atoms with Gasteiger partial charge in [-0.05, 0) is 32.4 Å². The molecule has 0 radical (unpaired) electrons. The normalized spacial score (nSPS) is 13.3. The number of carboxylic acids is 1. The number of ether oxygens (including phenoxy) is 1. The summed E-state index contributed by atoms with van der Waals surface area (Å²) in [6.45, 7) is 5.43. The number of amides is 1. The summed E-state index contributed by atoms with van der Waals surface area (Å²) in [5.74, 6) is -0.866. The van der Waals surface area contributed by atoms with Crippen molar-refractivity contribution in [3.8, 4) is 5.75 Å². The molecule has 0 aliphatic rings. The number of benzene rings is 1. The topological polar surface area (TPSA) is 75.6 Å². The van der Waals surface area contributed by atoms with Crippen LogP contribution in [-0.4, -0.2) is 29.1 Å². The Hall–Kier alpha value is -2.04. The van der Waals surface area contributed by atoms with Gasteiger partial charge in [0.15, 0.2) is 6.10 Å². The SMILES string of the molecule is CCC[C@@H](NC(=O)C(C)Oc1ccc(C)cc1)C(=O)O. The number of aryl methyl sites for hydroxylation is 1. The predicted octanol–water partition coefficient (Wildman–Crippen LogP) is 2.13. The number of hydrogen-bond acceptors (Lipinski definition) is 3. The van der Waals surface area contributed by atoms with Crippen LogP contribution >= 0.6 is 0 Å². The minimum absolute atomic E-state index is 0.401. The molecular formula is C15H21NO4. The van der Waals surface area contributed by atoms with E-state index in [9.17, 15) is 9.59 Å². The lowest BCUT2D eigenvalue weighted by atomic mass is 10.1. The third-order valence-electron chi connectivity index (χ3n) is 2.90. The summed E-state index contributed by atoms with van der Waals surface area (Å²) in [6.07, 6.45) is 0.347. The molecule has 0 fully saturated rings. The minimum atomic E-state index is -1.03. The number of carbonyl (C=O) groups excluding carboxylic acids is 1. The first-order valence-electron chi connectivity index (χ1n) is 6.70. The van der Waals surface area contributed by atoms with Gasteiger partial charge in [-0.15, -0.1) is 0 Å². The average Bonchev–Trinajstić information content (AvgIpc) is 2.40. The molecule has 0 saturated heterocycles. The highest BCUT2D eigenvalue weighted by atomic mass is 16.5. The smallest absolute Gasteiger partial charge is 0.326 e. The first-order valence-corrected chi connectivity index (χ1v) is 6.70. The highest BCUT2D eigenvalue weighted by Crippen LogP contribution is 2.13. The number of rotatable bonds is 7. The van der Waals surface area contributed by atoms with Crippen LogP contribution in [0.2, 0.25) is 0 Å². The fourth-order valence-corrected chi connectivity index (χ4v) is 1.71. The first kappa shape index (κ1) is 16.0. The van der Waals surface area contributed by atoms with E-state index in [0.29, 0.717) is 18.6 Å². The van der Waals surface area contributed by atoms with Crippen molar-refractivity contribution >= 4 is 11.9 Å². The van der Waals surface area contributed by atoms with E-state index < -0.39 is 24.0 Å². The summed E-state index contributed by atoms with van der Waals surface area (Å²) in [5.41, 5.74) is 1.10. The molecule has 110 valence electrons. The second-order valence-corrected chi connectivity index (χ2v) is 4.76. The standard InChI is InChI=1S/C15H21NO4/c1-4-5-13(15(18)19)16-14(17)11(3)20-12-8-6-10(2)7-9-12/h6-9,11,13H,4-5H2,1-3H3,(H,16,17)(H,18,19)/t11?,13-/m1/s1. The Morgan fingerprint density at radius 1 is 1.30 bits per heavy atom. The molecule has 2 N–H and O–H groups in total. The van der Waals surface area contributed by atoms with E-state index in [1.54, 1.807) is 19.1 Å². The molecule has 0 saturated carbocycles. The van der Waals surface area contributed by atoms with Crippen LogP contribution in [0.3, 0.4) is 0 Å². The fraction of sp³-hybridized carbons (Fsp3) is 0.467. The Balaban J connectivity index is 2.57. The van der Waals surface area contributed by atoms with Gasteiger partial charge in [0.05, 0.1) is 0 Å². The Labute approximate surface area is 118 Å². The van der Waals surface area contributed by atoms with E-state index in [1.807, 2.05) is 26.0 Å². The zero-order chi connectivity index (χ0) is 15.1. The van der Waals surface area contributed by atoms with Crippen molar-refractivity contribution < 1.29 is 19.4 Å². The van der Waals surface area contributed by atoms with E-state index in [-0.39, 0.29) is 0 Å². The van der Waals surface area contributed by atoms with E-state index >= 15 is 0 Å². The highest BCUT2D eigenvalue weighted by molar-refractivity contribution is 5.86. The number of aliphatic carboxylic acids is 1. The summed E-state index contributed by atoms with van der Waals surface area (Å²) in [6, 6.07) is 6.46. The van der Waals surface area contributed by atoms with Crippen LogP contribution < -0.4 is 10.1 Å².